The molecule has 90 valence electrons. The van der Waals surface area contributed by atoms with E-state index in [4.69, 9.17) is 3.95 Å². The van der Waals surface area contributed by atoms with Crippen LogP contribution in [0.15, 0.2) is 23.8 Å². The molecular weight excluding hydrogens is 309 g/mol. The molecule has 0 aromatic carbocycles. The Balaban J connectivity index is 3.23. The van der Waals surface area contributed by atoms with Crippen LogP contribution in [0.5, 0.6) is 0 Å². The standard InChI is InChI=1S/C14H21IN/c1-6-12-9-7-8-10(2)13(12)14(4,5)11(3)15-16/h6,10-11H,1,8,16H2,2-5H3/q-1. The van der Waals surface area contributed by atoms with Crippen molar-refractivity contribution in [3.8, 4) is 11.8 Å². The van der Waals surface area contributed by atoms with Crippen LogP contribution < -0.4 is 25.4 Å². The third-order valence-electron chi connectivity index (χ3n) is 3.50. The molecule has 0 aromatic heterocycles. The molecule has 0 aliphatic heterocycles. The van der Waals surface area contributed by atoms with E-state index in [2.05, 4.69) is 46.1 Å². The Hall–Kier alpha value is -0.270. The summed E-state index contributed by atoms with van der Waals surface area (Å²) in [6, 6.07) is 0. The number of hydrogen-bond donors (Lipinski definition) is 1. The van der Waals surface area contributed by atoms with E-state index in [1.54, 1.807) is 0 Å². The van der Waals surface area contributed by atoms with Crippen molar-refractivity contribution in [1.29, 1.82) is 0 Å². The van der Waals surface area contributed by atoms with Gasteiger partial charge in [0.25, 0.3) is 0 Å². The van der Waals surface area contributed by atoms with Gasteiger partial charge in [0.2, 0.25) is 0 Å². The van der Waals surface area contributed by atoms with E-state index in [1.807, 2.05) is 6.08 Å². The molecule has 0 saturated heterocycles. The van der Waals surface area contributed by atoms with Crippen molar-refractivity contribution in [2.75, 3.05) is 0 Å². The summed E-state index contributed by atoms with van der Waals surface area (Å²) in [5.41, 5.74) is 2.74. The van der Waals surface area contributed by atoms with E-state index in [0.29, 0.717) is 9.84 Å². The number of nitrogens with two attached hydrogens (primary N) is 1. The molecule has 1 rings (SSSR count). The summed E-state index contributed by atoms with van der Waals surface area (Å²) >= 11 is -0.233. The predicted octanol–water partition coefficient (Wildman–Crippen LogP) is -0.110. The number of alkyl halides is 1. The molecule has 0 saturated carbocycles. The van der Waals surface area contributed by atoms with Crippen molar-refractivity contribution in [3.63, 3.8) is 0 Å². The Labute approximate surface area is 110 Å². The van der Waals surface area contributed by atoms with Crippen molar-refractivity contribution in [2.24, 2.45) is 15.3 Å². The van der Waals surface area contributed by atoms with E-state index in [-0.39, 0.29) is 26.9 Å². The van der Waals surface area contributed by atoms with Gasteiger partial charge in [0.15, 0.2) is 0 Å². The minimum atomic E-state index is -0.233. The number of rotatable bonds is 4. The predicted molar refractivity (Wildman–Crippen MR) is 66.2 cm³/mol. The third kappa shape index (κ3) is 2.52. The second-order valence-electron chi connectivity index (χ2n) is 4.90. The van der Waals surface area contributed by atoms with E-state index >= 15 is 0 Å². The van der Waals surface area contributed by atoms with Gasteiger partial charge in [0.05, 0.1) is 0 Å². The van der Waals surface area contributed by atoms with E-state index in [1.165, 1.54) is 5.57 Å². The molecule has 2 N–H and O–H groups in total. The number of hydrogen-bond acceptors (Lipinski definition) is 1. The van der Waals surface area contributed by atoms with Crippen LogP contribution in [0, 0.1) is 23.2 Å². The molecule has 0 spiro atoms. The Bertz CT molecular complexity index is 368. The van der Waals surface area contributed by atoms with Gasteiger partial charge in [-0.2, -0.15) is 0 Å². The molecule has 1 aliphatic carbocycles. The molecule has 1 nitrogen and oxygen atoms in total. The summed E-state index contributed by atoms with van der Waals surface area (Å²) in [6.07, 6.45) is 2.87. The second-order valence-corrected chi connectivity index (χ2v) is 7.49. The van der Waals surface area contributed by atoms with Crippen LogP contribution in [0.1, 0.15) is 34.1 Å². The monoisotopic (exact) mass is 330 g/mol. The van der Waals surface area contributed by atoms with Gasteiger partial charge in [-0.15, -0.1) is 0 Å². The van der Waals surface area contributed by atoms with Gasteiger partial charge < -0.3 is 0 Å². The summed E-state index contributed by atoms with van der Waals surface area (Å²) in [6.45, 7) is 13.0. The van der Waals surface area contributed by atoms with Crippen LogP contribution in [0.2, 0.25) is 0 Å². The van der Waals surface area contributed by atoms with Crippen LogP contribution in [0.25, 0.3) is 0 Å². The van der Waals surface area contributed by atoms with Crippen LogP contribution in [0.3, 0.4) is 0 Å². The van der Waals surface area contributed by atoms with Crippen molar-refractivity contribution >= 4 is 0 Å². The zero-order valence-electron chi connectivity index (χ0n) is 10.6. The first kappa shape index (κ1) is 13.8. The number of halogens is 1. The van der Waals surface area contributed by atoms with Crippen molar-refractivity contribution in [3.05, 3.63) is 23.8 Å². The van der Waals surface area contributed by atoms with Gasteiger partial charge in [0, 0.05) is 0 Å². The molecule has 0 radical (unpaired) electrons. The fraction of sp³-hybridized carbons (Fsp3) is 0.571. The molecule has 2 atom stereocenters. The third-order valence-corrected chi connectivity index (χ3v) is 6.13. The molecule has 0 aromatic rings. The average molecular weight is 330 g/mol. The van der Waals surface area contributed by atoms with Gasteiger partial charge in [0.1, 0.15) is 0 Å². The average Bonchev–Trinajstić information content (AvgIpc) is 2.26. The van der Waals surface area contributed by atoms with Crippen LogP contribution >= 0.6 is 0 Å². The molecule has 2 unspecified atom stereocenters. The summed E-state index contributed by atoms with van der Waals surface area (Å²) in [5.74, 6) is 6.94. The molecule has 16 heavy (non-hydrogen) atoms. The Morgan fingerprint density at radius 1 is 1.62 bits per heavy atom. The van der Waals surface area contributed by atoms with E-state index in [0.717, 1.165) is 12.0 Å². The van der Waals surface area contributed by atoms with Crippen molar-refractivity contribution < 1.29 is 21.5 Å². The first-order valence-corrected chi connectivity index (χ1v) is 8.12. The van der Waals surface area contributed by atoms with Crippen molar-refractivity contribution in [1.82, 2.24) is 0 Å². The van der Waals surface area contributed by atoms with E-state index in [9.17, 15) is 0 Å². The zero-order valence-corrected chi connectivity index (χ0v) is 12.8. The Kier molecular flexibility index (Phi) is 4.63. The van der Waals surface area contributed by atoms with Gasteiger partial charge in [-0.3, -0.25) is 0 Å². The summed E-state index contributed by atoms with van der Waals surface area (Å²) < 4.78 is 6.49. The molecule has 1 aliphatic rings. The fourth-order valence-electron chi connectivity index (χ4n) is 2.25. The fourth-order valence-corrected chi connectivity index (χ4v) is 3.48. The first-order valence-electron chi connectivity index (χ1n) is 5.63. The maximum absolute atomic E-state index is 5.92. The minimum absolute atomic E-state index is 0.153. The topological polar surface area (TPSA) is 26.0 Å². The number of allylic oxidation sites excluding steroid dienone is 3. The van der Waals surface area contributed by atoms with Crippen LogP contribution in [-0.4, -0.2) is 3.92 Å². The Morgan fingerprint density at radius 3 is 2.75 bits per heavy atom. The van der Waals surface area contributed by atoms with E-state index < -0.39 is 0 Å². The molecule has 0 fully saturated rings. The summed E-state index contributed by atoms with van der Waals surface area (Å²) in [7, 11) is 0. The van der Waals surface area contributed by atoms with Gasteiger partial charge in [-0.1, -0.05) is 0 Å². The summed E-state index contributed by atoms with van der Waals surface area (Å²) in [5, 5.41) is 0. The summed E-state index contributed by atoms with van der Waals surface area (Å²) in [4.78, 5) is 0. The van der Waals surface area contributed by atoms with Gasteiger partial charge in [-0.05, 0) is 0 Å². The van der Waals surface area contributed by atoms with Crippen molar-refractivity contribution in [2.45, 2.75) is 38.0 Å². The maximum atomic E-state index is 5.92. The molecule has 0 heterocycles. The van der Waals surface area contributed by atoms with Crippen LogP contribution in [-0.2, 0) is 0 Å². The molecular formula is C14H21IN-. The molecule has 2 heteroatoms. The van der Waals surface area contributed by atoms with Gasteiger partial charge in [-0.25, -0.2) is 0 Å². The Morgan fingerprint density at radius 2 is 2.25 bits per heavy atom. The molecule has 0 bridgehead atoms. The second kappa shape index (κ2) is 5.37. The van der Waals surface area contributed by atoms with Gasteiger partial charge >= 0.3 is 110 Å². The normalized spacial score (nSPS) is 22.7. The van der Waals surface area contributed by atoms with Crippen LogP contribution in [0.4, 0.5) is 0 Å². The zero-order chi connectivity index (χ0) is 12.3. The quantitative estimate of drug-likeness (QED) is 0.331. The SMILES string of the molecule is C=CC1=C(C(C)(C)C(C)[I-]N)C(C)CC#C1. The first-order chi connectivity index (χ1) is 7.45. The molecule has 0 amide bonds.